The first-order valence-electron chi connectivity index (χ1n) is 16.3. The Hall–Kier alpha value is -2.97. The average Bonchev–Trinajstić information content (AvgIpc) is 3.23. The summed E-state index contributed by atoms with van der Waals surface area (Å²) in [6.07, 6.45) is 12.7. The fourth-order valence-electron chi connectivity index (χ4n) is 6.68. The van der Waals surface area contributed by atoms with Crippen molar-refractivity contribution in [1.29, 1.82) is 0 Å². The Morgan fingerprint density at radius 3 is 2.18 bits per heavy atom. The second-order valence-electron chi connectivity index (χ2n) is 12.4. The molecule has 1 aliphatic heterocycles. The van der Waals surface area contributed by atoms with Gasteiger partial charge >= 0.3 is 0 Å². The Bertz CT molecular complexity index is 1300. The molecule has 44 heavy (non-hydrogen) atoms. The molecule has 1 saturated carbocycles. The summed E-state index contributed by atoms with van der Waals surface area (Å²) in [6, 6.07) is 29.2. The molecule has 3 aromatic rings. The van der Waals surface area contributed by atoms with Crippen molar-refractivity contribution >= 4 is 40.5 Å². The number of carbonyl (C=O) groups is 2. The molecule has 232 valence electrons. The van der Waals surface area contributed by atoms with Crippen molar-refractivity contribution in [3.05, 3.63) is 113 Å². The number of halogens is 1. The van der Waals surface area contributed by atoms with Crippen LogP contribution < -0.4 is 10.6 Å². The molecule has 0 unspecified atom stereocenters. The molecule has 2 N–H and O–H groups in total. The van der Waals surface area contributed by atoms with Crippen molar-refractivity contribution in [3.63, 3.8) is 0 Å². The third kappa shape index (κ3) is 9.51. The quantitative estimate of drug-likeness (QED) is 0.117. The predicted molar refractivity (Wildman–Crippen MR) is 189 cm³/mol. The topological polar surface area (TPSA) is 61.4 Å². The molecule has 5 nitrogen and oxygen atoms in total. The lowest BCUT2D eigenvalue weighted by molar-refractivity contribution is -0.133. The van der Waals surface area contributed by atoms with Crippen LogP contribution >= 0.6 is 22.6 Å². The maximum Gasteiger partial charge on any atom is 0.244 e. The van der Waals surface area contributed by atoms with E-state index in [1.54, 1.807) is 6.08 Å². The first-order valence-corrected chi connectivity index (χ1v) is 17.9. The van der Waals surface area contributed by atoms with Crippen LogP contribution in [0.1, 0.15) is 79.5 Å². The van der Waals surface area contributed by atoms with E-state index in [1.165, 1.54) is 48.8 Å². The summed E-state index contributed by atoms with van der Waals surface area (Å²) in [5.41, 5.74) is 4.73. The molecule has 2 atom stereocenters. The maximum atomic E-state index is 14.2. The minimum Gasteiger partial charge on any atom is -0.351 e. The highest BCUT2D eigenvalue weighted by molar-refractivity contribution is 14.1. The third-order valence-corrected chi connectivity index (χ3v) is 10.2. The van der Waals surface area contributed by atoms with Gasteiger partial charge in [-0.3, -0.25) is 9.59 Å². The first kappa shape index (κ1) is 32.4. The van der Waals surface area contributed by atoms with E-state index in [4.69, 9.17) is 0 Å². The van der Waals surface area contributed by atoms with Gasteiger partial charge in [-0.15, -0.1) is 0 Å². The number of rotatable bonds is 12. The Morgan fingerprint density at radius 2 is 1.55 bits per heavy atom. The first-order chi connectivity index (χ1) is 21.6. The smallest absolute Gasteiger partial charge is 0.244 e. The normalized spacial score (nSPS) is 19.8. The van der Waals surface area contributed by atoms with E-state index in [0.29, 0.717) is 25.6 Å². The zero-order chi connectivity index (χ0) is 30.6. The lowest BCUT2D eigenvalue weighted by atomic mass is 9.85. The van der Waals surface area contributed by atoms with Crippen molar-refractivity contribution in [3.8, 4) is 0 Å². The van der Waals surface area contributed by atoms with Crippen molar-refractivity contribution < 1.29 is 9.59 Å². The van der Waals surface area contributed by atoms with E-state index in [2.05, 4.69) is 98.8 Å². The van der Waals surface area contributed by atoms with Gasteiger partial charge in [-0.1, -0.05) is 140 Å². The second-order valence-corrected chi connectivity index (χ2v) is 13.2. The summed E-state index contributed by atoms with van der Waals surface area (Å²) in [7, 11) is 0. The molecule has 1 saturated heterocycles. The molecule has 0 radical (unpaired) electrons. The third-order valence-electron chi connectivity index (χ3n) is 9.27. The largest absolute Gasteiger partial charge is 0.351 e. The Morgan fingerprint density at radius 1 is 0.886 bits per heavy atom. The summed E-state index contributed by atoms with van der Waals surface area (Å²) >= 11 is 2.35. The fourth-order valence-corrected chi connectivity index (χ4v) is 7.18. The summed E-state index contributed by atoms with van der Waals surface area (Å²) < 4.78 is 0.970. The molecule has 2 amide bonds. The molecule has 2 fully saturated rings. The number of carbonyl (C=O) groups excluding carboxylic acids is 2. The number of hydrogen-bond acceptors (Lipinski definition) is 3. The molecule has 0 spiro atoms. The van der Waals surface area contributed by atoms with Gasteiger partial charge in [0.05, 0.1) is 6.04 Å². The molecular formula is C38H46IN3O2. The highest BCUT2D eigenvalue weighted by Crippen LogP contribution is 2.30. The van der Waals surface area contributed by atoms with Gasteiger partial charge in [0.15, 0.2) is 0 Å². The van der Waals surface area contributed by atoms with Crippen LogP contribution in [0, 0.1) is 5.92 Å². The van der Waals surface area contributed by atoms with Crippen molar-refractivity contribution in [1.82, 2.24) is 15.5 Å². The number of nitrogens with one attached hydrogen (secondary N) is 2. The number of benzene rings is 3. The molecule has 1 aliphatic carbocycles. The van der Waals surface area contributed by atoms with E-state index in [1.807, 2.05) is 30.3 Å². The monoisotopic (exact) mass is 703 g/mol. The van der Waals surface area contributed by atoms with Gasteiger partial charge in [0.1, 0.15) is 0 Å². The SMILES string of the molecule is O=C(/C=C/c1ccc(CI)cc1)NC[C@@H]1CCN(CC(c2ccccc2)c2ccccc2)C(=O)[C@H](CCC2CCCCC2)N1. The van der Waals surface area contributed by atoms with Gasteiger partial charge in [0.25, 0.3) is 0 Å². The Kier molecular flexibility index (Phi) is 12.5. The highest BCUT2D eigenvalue weighted by Gasteiger charge is 2.33. The average molecular weight is 704 g/mol. The van der Waals surface area contributed by atoms with Crippen LogP contribution in [0.25, 0.3) is 6.08 Å². The van der Waals surface area contributed by atoms with Crippen LogP contribution in [0.4, 0.5) is 0 Å². The molecule has 0 bridgehead atoms. The minimum atomic E-state index is -0.236. The predicted octanol–water partition coefficient (Wildman–Crippen LogP) is 7.50. The number of amides is 2. The van der Waals surface area contributed by atoms with Gasteiger partial charge < -0.3 is 15.5 Å². The van der Waals surface area contributed by atoms with Gasteiger partial charge in [-0.05, 0) is 53.5 Å². The molecule has 6 heteroatoms. The van der Waals surface area contributed by atoms with Crippen LogP contribution in [0.15, 0.2) is 91.0 Å². The zero-order valence-corrected chi connectivity index (χ0v) is 27.8. The summed E-state index contributed by atoms with van der Waals surface area (Å²) in [4.78, 5) is 29.0. The van der Waals surface area contributed by atoms with Crippen molar-refractivity contribution in [2.24, 2.45) is 5.92 Å². The zero-order valence-electron chi connectivity index (χ0n) is 25.7. The molecule has 2 aliphatic rings. The standard InChI is InChI=1S/C38H46IN3O2/c39-26-31-18-16-30(17-19-31)21-23-37(43)40-27-34-24-25-42(38(44)36(41-34)22-20-29-10-4-1-5-11-29)28-35(32-12-6-2-7-13-32)33-14-8-3-9-15-33/h2-3,6-9,12-19,21,23,29,34-36,41H,1,4-5,10-11,20,22,24-28H2,(H,40,43)/b23-21+/t34-,36-/m0/s1. The summed E-state index contributed by atoms with van der Waals surface area (Å²) in [6.45, 7) is 1.81. The van der Waals surface area contributed by atoms with Gasteiger partial charge in [0.2, 0.25) is 11.8 Å². The fraction of sp³-hybridized carbons (Fsp3) is 0.421. The van der Waals surface area contributed by atoms with Gasteiger partial charge in [-0.2, -0.15) is 0 Å². The molecular weight excluding hydrogens is 657 g/mol. The van der Waals surface area contributed by atoms with Gasteiger partial charge in [0, 0.05) is 42.1 Å². The Labute approximate surface area is 277 Å². The number of nitrogens with zero attached hydrogens (tertiary/aromatic N) is 1. The van der Waals surface area contributed by atoms with Crippen LogP contribution in [-0.2, 0) is 14.0 Å². The van der Waals surface area contributed by atoms with Crippen LogP contribution in [-0.4, -0.2) is 48.4 Å². The van der Waals surface area contributed by atoms with Gasteiger partial charge in [-0.25, -0.2) is 0 Å². The molecule has 3 aromatic carbocycles. The second kappa shape index (κ2) is 16.9. The molecule has 1 heterocycles. The van der Waals surface area contributed by atoms with E-state index in [9.17, 15) is 9.59 Å². The Balaban J connectivity index is 1.27. The van der Waals surface area contributed by atoms with Crippen LogP contribution in [0.3, 0.4) is 0 Å². The van der Waals surface area contributed by atoms with E-state index >= 15 is 0 Å². The molecule has 5 rings (SSSR count). The van der Waals surface area contributed by atoms with E-state index in [0.717, 1.165) is 29.3 Å². The number of hydrogen-bond donors (Lipinski definition) is 2. The lowest BCUT2D eigenvalue weighted by Crippen LogP contribution is -2.49. The molecule has 0 aromatic heterocycles. The van der Waals surface area contributed by atoms with Crippen molar-refractivity contribution in [2.75, 3.05) is 19.6 Å². The van der Waals surface area contributed by atoms with E-state index in [-0.39, 0.29) is 29.8 Å². The van der Waals surface area contributed by atoms with Crippen LogP contribution in [0.2, 0.25) is 0 Å². The van der Waals surface area contributed by atoms with Crippen LogP contribution in [0.5, 0.6) is 0 Å². The maximum absolute atomic E-state index is 14.2. The number of alkyl halides is 1. The minimum absolute atomic E-state index is 0.0347. The van der Waals surface area contributed by atoms with E-state index < -0.39 is 0 Å². The summed E-state index contributed by atoms with van der Waals surface area (Å²) in [5.74, 6) is 0.906. The highest BCUT2D eigenvalue weighted by atomic mass is 127. The lowest BCUT2D eigenvalue weighted by Gasteiger charge is -2.30. The van der Waals surface area contributed by atoms with Crippen molar-refractivity contribution in [2.45, 2.75) is 73.8 Å². The summed E-state index contributed by atoms with van der Waals surface area (Å²) in [5, 5.41) is 6.80.